The lowest BCUT2D eigenvalue weighted by Gasteiger charge is -2.10. The van der Waals surface area contributed by atoms with Crippen molar-refractivity contribution in [2.45, 2.75) is 26.1 Å². The number of hydrogen-bond donors (Lipinski definition) is 1. The number of aromatic nitrogens is 2. The van der Waals surface area contributed by atoms with Crippen LogP contribution in [0.5, 0.6) is 5.75 Å². The van der Waals surface area contributed by atoms with Crippen molar-refractivity contribution in [3.63, 3.8) is 0 Å². The molecule has 20 heavy (non-hydrogen) atoms. The molecule has 0 atom stereocenters. The van der Waals surface area contributed by atoms with Crippen LogP contribution in [0.4, 0.5) is 8.78 Å². The van der Waals surface area contributed by atoms with Gasteiger partial charge in [0.25, 0.3) is 5.89 Å². The van der Waals surface area contributed by atoms with Crippen LogP contribution in [-0.4, -0.2) is 21.9 Å². The summed E-state index contributed by atoms with van der Waals surface area (Å²) in [5, 5.41) is 13.5. The molecule has 0 bridgehead atoms. The largest absolute Gasteiger partial charge is 0.434 e. The number of rotatable bonds is 4. The fourth-order valence-corrected chi connectivity index (χ4v) is 2.01. The maximum Gasteiger partial charge on any atom is 0.387 e. The van der Waals surface area contributed by atoms with E-state index in [4.69, 9.17) is 4.52 Å². The second-order valence-corrected chi connectivity index (χ2v) is 5.33. The fourth-order valence-electron chi connectivity index (χ4n) is 1.49. The molecule has 0 unspecified atom stereocenters. The van der Waals surface area contributed by atoms with Crippen molar-refractivity contribution in [2.24, 2.45) is 0 Å². The smallest absolute Gasteiger partial charge is 0.387 e. The molecule has 1 aromatic carbocycles. The van der Waals surface area contributed by atoms with E-state index in [-0.39, 0.29) is 23.0 Å². The van der Waals surface area contributed by atoms with Gasteiger partial charge in [0.15, 0.2) is 0 Å². The second kappa shape index (κ2) is 5.45. The van der Waals surface area contributed by atoms with Gasteiger partial charge in [-0.15, -0.1) is 0 Å². The van der Waals surface area contributed by atoms with Gasteiger partial charge in [-0.2, -0.15) is 13.8 Å². The number of benzene rings is 1. The van der Waals surface area contributed by atoms with Gasteiger partial charge in [-0.05, 0) is 41.9 Å². The van der Waals surface area contributed by atoms with Crippen molar-refractivity contribution in [3.05, 3.63) is 28.6 Å². The molecule has 0 spiro atoms. The summed E-state index contributed by atoms with van der Waals surface area (Å²) in [7, 11) is 0. The Morgan fingerprint density at radius 1 is 1.40 bits per heavy atom. The highest BCUT2D eigenvalue weighted by Crippen LogP contribution is 2.36. The van der Waals surface area contributed by atoms with Gasteiger partial charge < -0.3 is 14.4 Å². The third kappa shape index (κ3) is 3.13. The molecule has 0 aliphatic heterocycles. The number of halogens is 3. The first-order valence-corrected chi connectivity index (χ1v) is 6.38. The van der Waals surface area contributed by atoms with Gasteiger partial charge in [0.2, 0.25) is 5.82 Å². The molecule has 0 amide bonds. The Morgan fingerprint density at radius 3 is 2.65 bits per heavy atom. The summed E-state index contributed by atoms with van der Waals surface area (Å²) in [6, 6.07) is 4.54. The summed E-state index contributed by atoms with van der Waals surface area (Å²) in [5.74, 6) is -0.0611. The first-order chi connectivity index (χ1) is 9.29. The predicted octanol–water partition coefficient (Wildman–Crippen LogP) is 3.33. The maximum atomic E-state index is 12.4. The van der Waals surface area contributed by atoms with Crippen LogP contribution in [0.25, 0.3) is 11.4 Å². The van der Waals surface area contributed by atoms with Crippen LogP contribution in [0, 0.1) is 0 Å². The van der Waals surface area contributed by atoms with E-state index in [2.05, 4.69) is 30.8 Å². The van der Waals surface area contributed by atoms with Crippen LogP contribution in [0.2, 0.25) is 0 Å². The van der Waals surface area contributed by atoms with Gasteiger partial charge in [-0.25, -0.2) is 0 Å². The first kappa shape index (κ1) is 14.9. The zero-order valence-corrected chi connectivity index (χ0v) is 12.2. The Labute approximate surface area is 121 Å². The minimum absolute atomic E-state index is 0.0220. The Balaban J connectivity index is 2.49. The molecule has 0 saturated carbocycles. The standard InChI is InChI=1S/C12H11BrF2N2O3/c1-12(2,18)10-16-9(17-20-10)8-6(13)4-3-5-7(8)19-11(14)15/h3-5,11,18H,1-2H3. The Kier molecular flexibility index (Phi) is 4.05. The average Bonchev–Trinajstić information content (AvgIpc) is 2.77. The quantitative estimate of drug-likeness (QED) is 0.917. The topological polar surface area (TPSA) is 68.4 Å². The molecule has 108 valence electrons. The lowest BCUT2D eigenvalue weighted by atomic mass is 10.1. The van der Waals surface area contributed by atoms with E-state index in [0.29, 0.717) is 4.47 Å². The minimum Gasteiger partial charge on any atom is -0.434 e. The first-order valence-electron chi connectivity index (χ1n) is 5.59. The van der Waals surface area contributed by atoms with Crippen LogP contribution in [0.3, 0.4) is 0 Å². The summed E-state index contributed by atoms with van der Waals surface area (Å²) < 4.78 is 34.6. The van der Waals surface area contributed by atoms with Crippen molar-refractivity contribution < 1.29 is 23.1 Å². The van der Waals surface area contributed by atoms with E-state index >= 15 is 0 Å². The molecule has 0 radical (unpaired) electrons. The molecule has 0 saturated heterocycles. The van der Waals surface area contributed by atoms with Gasteiger partial charge in [0.1, 0.15) is 11.4 Å². The number of aliphatic hydroxyl groups is 1. The average molecular weight is 349 g/mol. The Morgan fingerprint density at radius 2 is 2.10 bits per heavy atom. The SMILES string of the molecule is CC(C)(O)c1nc(-c2c(Br)cccc2OC(F)F)no1. The van der Waals surface area contributed by atoms with Gasteiger partial charge in [0, 0.05) is 4.47 Å². The summed E-state index contributed by atoms with van der Waals surface area (Å²) >= 11 is 3.22. The summed E-state index contributed by atoms with van der Waals surface area (Å²) in [6.45, 7) is -0.0226. The molecule has 8 heteroatoms. The lowest BCUT2D eigenvalue weighted by Crippen LogP contribution is -2.15. The van der Waals surface area contributed by atoms with Crippen molar-refractivity contribution >= 4 is 15.9 Å². The number of ether oxygens (including phenoxy) is 1. The van der Waals surface area contributed by atoms with E-state index in [9.17, 15) is 13.9 Å². The van der Waals surface area contributed by atoms with Crippen LogP contribution >= 0.6 is 15.9 Å². The number of hydrogen-bond acceptors (Lipinski definition) is 5. The molecule has 1 N–H and O–H groups in total. The second-order valence-electron chi connectivity index (χ2n) is 4.47. The van der Waals surface area contributed by atoms with E-state index in [0.717, 1.165) is 0 Å². The maximum absolute atomic E-state index is 12.4. The van der Waals surface area contributed by atoms with E-state index in [1.807, 2.05) is 0 Å². The van der Waals surface area contributed by atoms with Crippen molar-refractivity contribution in [1.82, 2.24) is 10.1 Å². The van der Waals surface area contributed by atoms with Gasteiger partial charge in [-0.3, -0.25) is 0 Å². The molecule has 0 fully saturated rings. The van der Waals surface area contributed by atoms with Crippen LogP contribution in [-0.2, 0) is 5.60 Å². The van der Waals surface area contributed by atoms with Crippen molar-refractivity contribution in [3.8, 4) is 17.1 Å². The molecule has 0 aliphatic carbocycles. The molecule has 2 rings (SSSR count). The zero-order chi connectivity index (χ0) is 14.9. The number of alkyl halides is 2. The highest BCUT2D eigenvalue weighted by Gasteiger charge is 2.26. The van der Waals surface area contributed by atoms with Crippen molar-refractivity contribution in [2.75, 3.05) is 0 Å². The third-order valence-electron chi connectivity index (χ3n) is 2.36. The van der Waals surface area contributed by atoms with Gasteiger partial charge >= 0.3 is 6.61 Å². The highest BCUT2D eigenvalue weighted by atomic mass is 79.9. The number of nitrogens with zero attached hydrogens (tertiary/aromatic N) is 2. The van der Waals surface area contributed by atoms with Crippen LogP contribution < -0.4 is 4.74 Å². The van der Waals surface area contributed by atoms with E-state index < -0.39 is 12.2 Å². The van der Waals surface area contributed by atoms with E-state index in [1.165, 1.54) is 19.9 Å². The summed E-state index contributed by atoms with van der Waals surface area (Å²) in [6.07, 6.45) is 0. The normalized spacial score (nSPS) is 11.9. The predicted molar refractivity (Wildman–Crippen MR) is 69.3 cm³/mol. The molecule has 1 heterocycles. The minimum atomic E-state index is -2.97. The highest BCUT2D eigenvalue weighted by molar-refractivity contribution is 9.10. The van der Waals surface area contributed by atoms with Gasteiger partial charge in [-0.1, -0.05) is 11.2 Å². The van der Waals surface area contributed by atoms with E-state index in [1.54, 1.807) is 12.1 Å². The molecule has 1 aromatic heterocycles. The van der Waals surface area contributed by atoms with Gasteiger partial charge in [0.05, 0.1) is 5.56 Å². The lowest BCUT2D eigenvalue weighted by molar-refractivity contribution is -0.0495. The monoisotopic (exact) mass is 348 g/mol. The summed E-state index contributed by atoms with van der Waals surface area (Å²) in [4.78, 5) is 4.00. The van der Waals surface area contributed by atoms with Crippen LogP contribution in [0.15, 0.2) is 27.2 Å². The molecule has 2 aromatic rings. The third-order valence-corrected chi connectivity index (χ3v) is 3.03. The fraction of sp³-hybridized carbons (Fsp3) is 0.333. The Hall–Kier alpha value is -1.54. The molecular weight excluding hydrogens is 338 g/mol. The molecule has 0 aliphatic rings. The Bertz CT molecular complexity index is 611. The summed E-state index contributed by atoms with van der Waals surface area (Å²) in [5.41, 5.74) is -1.09. The van der Waals surface area contributed by atoms with Crippen molar-refractivity contribution in [1.29, 1.82) is 0 Å². The zero-order valence-electron chi connectivity index (χ0n) is 10.6. The van der Waals surface area contributed by atoms with Crippen LogP contribution in [0.1, 0.15) is 19.7 Å². The molecular formula is C12H11BrF2N2O3. The molecule has 5 nitrogen and oxygen atoms in total.